The van der Waals surface area contributed by atoms with Gasteiger partial charge in [-0.3, -0.25) is 0 Å². The predicted molar refractivity (Wildman–Crippen MR) is 87.6 cm³/mol. The molecule has 0 amide bonds. The van der Waals surface area contributed by atoms with Crippen molar-refractivity contribution in [3.05, 3.63) is 35.4 Å². The summed E-state index contributed by atoms with van der Waals surface area (Å²) >= 11 is 0. The van der Waals surface area contributed by atoms with E-state index in [-0.39, 0.29) is 5.54 Å². The molecule has 0 bridgehead atoms. The van der Waals surface area contributed by atoms with Crippen LogP contribution in [0.4, 0.5) is 0 Å². The SMILES string of the molecule is CC(C)Cc1cccc(C2(N)CC(C)CC(C)(C)C2)c1. The van der Waals surface area contributed by atoms with E-state index in [1.807, 2.05) is 0 Å². The molecule has 0 spiro atoms. The van der Waals surface area contributed by atoms with Crippen LogP contribution in [0.15, 0.2) is 24.3 Å². The molecule has 0 heterocycles. The summed E-state index contributed by atoms with van der Waals surface area (Å²) in [6.45, 7) is 11.6. The summed E-state index contributed by atoms with van der Waals surface area (Å²) in [5.74, 6) is 1.40. The highest BCUT2D eigenvalue weighted by molar-refractivity contribution is 5.30. The third-order valence-corrected chi connectivity index (χ3v) is 4.55. The van der Waals surface area contributed by atoms with Gasteiger partial charge in [-0.2, -0.15) is 0 Å². The van der Waals surface area contributed by atoms with E-state index in [2.05, 4.69) is 58.9 Å². The minimum absolute atomic E-state index is 0.145. The molecule has 0 aliphatic heterocycles. The summed E-state index contributed by atoms with van der Waals surface area (Å²) in [7, 11) is 0. The van der Waals surface area contributed by atoms with Crippen molar-refractivity contribution in [3.63, 3.8) is 0 Å². The van der Waals surface area contributed by atoms with E-state index in [9.17, 15) is 0 Å². The first kappa shape index (κ1) is 15.6. The van der Waals surface area contributed by atoms with Gasteiger partial charge in [0.05, 0.1) is 0 Å². The highest BCUT2D eigenvalue weighted by Gasteiger charge is 2.41. The Morgan fingerprint density at radius 3 is 2.55 bits per heavy atom. The van der Waals surface area contributed by atoms with E-state index in [0.717, 1.165) is 19.3 Å². The molecule has 1 aromatic carbocycles. The normalized spacial score (nSPS) is 29.6. The van der Waals surface area contributed by atoms with Gasteiger partial charge in [-0.15, -0.1) is 0 Å². The quantitative estimate of drug-likeness (QED) is 0.834. The third kappa shape index (κ3) is 3.63. The lowest BCUT2D eigenvalue weighted by molar-refractivity contribution is 0.107. The van der Waals surface area contributed by atoms with Crippen molar-refractivity contribution < 1.29 is 0 Å². The zero-order chi connectivity index (χ0) is 15.0. The molecule has 0 aromatic heterocycles. The highest BCUT2D eigenvalue weighted by atomic mass is 14.8. The van der Waals surface area contributed by atoms with Gasteiger partial charge in [0.1, 0.15) is 0 Å². The van der Waals surface area contributed by atoms with Crippen molar-refractivity contribution in [1.82, 2.24) is 0 Å². The lowest BCUT2D eigenvalue weighted by Gasteiger charge is -2.46. The fourth-order valence-electron chi connectivity index (χ4n) is 4.33. The number of rotatable bonds is 3. The van der Waals surface area contributed by atoms with Crippen LogP contribution in [0.1, 0.15) is 65.0 Å². The molecule has 0 saturated heterocycles. The Labute approximate surface area is 125 Å². The van der Waals surface area contributed by atoms with Crippen molar-refractivity contribution in [1.29, 1.82) is 0 Å². The molecule has 1 aliphatic rings. The molecule has 2 N–H and O–H groups in total. The Morgan fingerprint density at radius 2 is 1.95 bits per heavy atom. The van der Waals surface area contributed by atoms with E-state index in [0.29, 0.717) is 17.3 Å². The maximum Gasteiger partial charge on any atom is 0.0417 e. The molecule has 1 aliphatic carbocycles. The first-order valence-corrected chi connectivity index (χ1v) is 8.08. The van der Waals surface area contributed by atoms with Gasteiger partial charge in [0.25, 0.3) is 0 Å². The van der Waals surface area contributed by atoms with E-state index in [4.69, 9.17) is 5.73 Å². The topological polar surface area (TPSA) is 26.0 Å². The number of benzene rings is 1. The smallest absolute Gasteiger partial charge is 0.0417 e. The second-order valence-corrected chi connectivity index (χ2v) is 8.31. The Bertz CT molecular complexity index is 461. The van der Waals surface area contributed by atoms with Gasteiger partial charge in [-0.05, 0) is 54.1 Å². The zero-order valence-electron chi connectivity index (χ0n) is 13.9. The van der Waals surface area contributed by atoms with Crippen LogP contribution in [-0.2, 0) is 12.0 Å². The monoisotopic (exact) mass is 273 g/mol. The second-order valence-electron chi connectivity index (χ2n) is 8.31. The van der Waals surface area contributed by atoms with Gasteiger partial charge < -0.3 is 5.73 Å². The molecule has 20 heavy (non-hydrogen) atoms. The summed E-state index contributed by atoms with van der Waals surface area (Å²) in [5.41, 5.74) is 9.82. The van der Waals surface area contributed by atoms with Gasteiger partial charge in [0, 0.05) is 5.54 Å². The predicted octanol–water partition coefficient (Wildman–Crippen LogP) is 4.89. The average Bonchev–Trinajstić information content (AvgIpc) is 2.24. The van der Waals surface area contributed by atoms with Crippen molar-refractivity contribution in [2.45, 2.75) is 65.8 Å². The molecule has 1 nitrogen and oxygen atoms in total. The van der Waals surface area contributed by atoms with Crippen LogP contribution >= 0.6 is 0 Å². The van der Waals surface area contributed by atoms with Crippen LogP contribution in [0, 0.1) is 17.3 Å². The van der Waals surface area contributed by atoms with Gasteiger partial charge in [-0.25, -0.2) is 0 Å². The second kappa shape index (κ2) is 5.52. The Balaban J connectivity index is 2.29. The summed E-state index contributed by atoms with van der Waals surface area (Å²) in [6, 6.07) is 9.02. The highest BCUT2D eigenvalue weighted by Crippen LogP contribution is 2.47. The molecule has 112 valence electrons. The standard InChI is InChI=1S/C19H31N/c1-14(2)9-16-7-6-8-17(10-16)19(20)12-15(3)11-18(4,5)13-19/h6-8,10,14-15H,9,11-13,20H2,1-5H3. The minimum atomic E-state index is -0.145. The van der Waals surface area contributed by atoms with Crippen molar-refractivity contribution in [3.8, 4) is 0 Å². The van der Waals surface area contributed by atoms with E-state index in [1.165, 1.54) is 17.5 Å². The van der Waals surface area contributed by atoms with Gasteiger partial charge in [0.2, 0.25) is 0 Å². The third-order valence-electron chi connectivity index (χ3n) is 4.55. The Morgan fingerprint density at radius 1 is 1.25 bits per heavy atom. The first-order chi connectivity index (χ1) is 9.20. The summed E-state index contributed by atoms with van der Waals surface area (Å²) in [5, 5.41) is 0. The fraction of sp³-hybridized carbons (Fsp3) is 0.684. The zero-order valence-corrected chi connectivity index (χ0v) is 13.9. The van der Waals surface area contributed by atoms with Crippen LogP contribution < -0.4 is 5.73 Å². The van der Waals surface area contributed by atoms with Crippen molar-refractivity contribution in [2.24, 2.45) is 23.0 Å². The molecular formula is C19H31N. The van der Waals surface area contributed by atoms with Gasteiger partial charge >= 0.3 is 0 Å². The van der Waals surface area contributed by atoms with Crippen LogP contribution in [0.25, 0.3) is 0 Å². The molecular weight excluding hydrogens is 242 g/mol. The largest absolute Gasteiger partial charge is 0.321 e. The van der Waals surface area contributed by atoms with Crippen molar-refractivity contribution in [2.75, 3.05) is 0 Å². The van der Waals surface area contributed by atoms with E-state index in [1.54, 1.807) is 0 Å². The van der Waals surface area contributed by atoms with Crippen LogP contribution in [0.2, 0.25) is 0 Å². The van der Waals surface area contributed by atoms with Crippen LogP contribution in [0.3, 0.4) is 0 Å². The first-order valence-electron chi connectivity index (χ1n) is 8.08. The summed E-state index contributed by atoms with van der Waals surface area (Å²) < 4.78 is 0. The number of hydrogen-bond donors (Lipinski definition) is 1. The molecule has 0 radical (unpaired) electrons. The van der Waals surface area contributed by atoms with Crippen LogP contribution in [0.5, 0.6) is 0 Å². The molecule has 2 unspecified atom stereocenters. The maximum atomic E-state index is 6.85. The summed E-state index contributed by atoms with van der Waals surface area (Å²) in [4.78, 5) is 0. The average molecular weight is 273 g/mol. The minimum Gasteiger partial charge on any atom is -0.321 e. The Hall–Kier alpha value is -0.820. The van der Waals surface area contributed by atoms with Crippen LogP contribution in [-0.4, -0.2) is 0 Å². The van der Waals surface area contributed by atoms with Gasteiger partial charge in [-0.1, -0.05) is 58.9 Å². The summed E-state index contributed by atoms with van der Waals surface area (Å²) in [6.07, 6.45) is 4.64. The van der Waals surface area contributed by atoms with Crippen molar-refractivity contribution >= 4 is 0 Å². The molecule has 1 heteroatoms. The molecule has 1 aromatic rings. The maximum absolute atomic E-state index is 6.85. The van der Waals surface area contributed by atoms with E-state index >= 15 is 0 Å². The van der Waals surface area contributed by atoms with Gasteiger partial charge in [0.15, 0.2) is 0 Å². The molecule has 1 fully saturated rings. The molecule has 2 rings (SSSR count). The van der Waals surface area contributed by atoms with E-state index < -0.39 is 0 Å². The lowest BCUT2D eigenvalue weighted by Crippen LogP contribution is -2.46. The Kier molecular flexibility index (Phi) is 4.30. The fourth-order valence-corrected chi connectivity index (χ4v) is 4.33. The number of nitrogens with two attached hydrogens (primary N) is 1. The molecule has 2 atom stereocenters. The molecule has 1 saturated carbocycles. The lowest BCUT2D eigenvalue weighted by atomic mass is 9.62. The number of hydrogen-bond acceptors (Lipinski definition) is 1.